The molecule has 7 heteroatoms. The van der Waals surface area contributed by atoms with E-state index in [4.69, 9.17) is 14.2 Å². The summed E-state index contributed by atoms with van der Waals surface area (Å²) in [7, 11) is 3.09. The Morgan fingerprint density at radius 2 is 1.69 bits per heavy atom. The van der Waals surface area contributed by atoms with Crippen molar-refractivity contribution in [3.8, 4) is 11.5 Å². The Kier molecular flexibility index (Phi) is 7.77. The van der Waals surface area contributed by atoms with Gasteiger partial charge in [0.15, 0.2) is 23.4 Å². The summed E-state index contributed by atoms with van der Waals surface area (Å²) in [5.74, 6) is 0.0196. The van der Waals surface area contributed by atoms with Crippen LogP contribution in [0.25, 0.3) is 0 Å². The number of ketones is 1. The molecule has 2 rings (SSSR count). The van der Waals surface area contributed by atoms with E-state index in [1.807, 2.05) is 6.07 Å². The summed E-state index contributed by atoms with van der Waals surface area (Å²) in [5, 5.41) is 2.63. The van der Waals surface area contributed by atoms with E-state index < -0.39 is 18.0 Å². The van der Waals surface area contributed by atoms with Gasteiger partial charge in [-0.15, -0.1) is 0 Å². The molecular formula is C22H25NO6. The number of ether oxygens (including phenoxy) is 3. The molecule has 0 radical (unpaired) electrons. The van der Waals surface area contributed by atoms with Gasteiger partial charge in [0, 0.05) is 12.0 Å². The highest BCUT2D eigenvalue weighted by Crippen LogP contribution is 2.28. The lowest BCUT2D eigenvalue weighted by molar-refractivity contribution is -0.153. The third-order valence-electron chi connectivity index (χ3n) is 4.31. The first-order valence-electron chi connectivity index (χ1n) is 9.17. The van der Waals surface area contributed by atoms with Gasteiger partial charge in [-0.1, -0.05) is 18.2 Å². The van der Waals surface area contributed by atoms with Gasteiger partial charge in [-0.3, -0.25) is 14.4 Å². The minimum Gasteiger partial charge on any atom is -0.493 e. The molecule has 1 atom stereocenters. The van der Waals surface area contributed by atoms with Gasteiger partial charge >= 0.3 is 5.97 Å². The average molecular weight is 399 g/mol. The highest BCUT2D eigenvalue weighted by atomic mass is 16.5. The highest BCUT2D eigenvalue weighted by Gasteiger charge is 2.19. The number of rotatable bonds is 9. The SMILES string of the molecule is COc1ccc(CCC(=O)O[C@@H](C)C(=O)Nc2ccccc2C(C)=O)cc1OC. The number of hydrogen-bond donors (Lipinski definition) is 1. The summed E-state index contributed by atoms with van der Waals surface area (Å²) in [5.41, 5.74) is 1.66. The summed E-state index contributed by atoms with van der Waals surface area (Å²) in [4.78, 5) is 36.1. The van der Waals surface area contributed by atoms with Crippen LogP contribution in [0.15, 0.2) is 42.5 Å². The molecule has 0 fully saturated rings. The number of methoxy groups -OCH3 is 2. The summed E-state index contributed by atoms with van der Waals surface area (Å²) in [6.07, 6.45) is -0.453. The molecule has 0 aromatic heterocycles. The van der Waals surface area contributed by atoms with E-state index in [1.54, 1.807) is 50.6 Å². The lowest BCUT2D eigenvalue weighted by Crippen LogP contribution is -2.30. The number of anilines is 1. The van der Waals surface area contributed by atoms with Crippen molar-refractivity contribution in [2.75, 3.05) is 19.5 Å². The Bertz CT molecular complexity index is 893. The largest absolute Gasteiger partial charge is 0.493 e. The molecule has 0 spiro atoms. The maximum absolute atomic E-state index is 12.3. The molecule has 2 aromatic carbocycles. The Balaban J connectivity index is 1.90. The van der Waals surface area contributed by atoms with Crippen LogP contribution >= 0.6 is 0 Å². The molecular weight excluding hydrogens is 374 g/mol. The fourth-order valence-corrected chi connectivity index (χ4v) is 2.73. The Morgan fingerprint density at radius 1 is 1.00 bits per heavy atom. The zero-order valence-corrected chi connectivity index (χ0v) is 17.0. The summed E-state index contributed by atoms with van der Waals surface area (Å²) >= 11 is 0. The van der Waals surface area contributed by atoms with Crippen molar-refractivity contribution in [1.29, 1.82) is 0 Å². The second kappa shape index (κ2) is 10.3. The van der Waals surface area contributed by atoms with E-state index in [1.165, 1.54) is 13.8 Å². The van der Waals surface area contributed by atoms with Crippen molar-refractivity contribution in [2.24, 2.45) is 0 Å². The molecule has 0 aliphatic heterocycles. The second-order valence-electron chi connectivity index (χ2n) is 6.41. The molecule has 0 bridgehead atoms. The number of amides is 1. The van der Waals surface area contributed by atoms with Gasteiger partial charge < -0.3 is 19.5 Å². The number of carbonyl (C=O) groups is 3. The summed E-state index contributed by atoms with van der Waals surface area (Å²) < 4.78 is 15.6. The molecule has 0 unspecified atom stereocenters. The first kappa shape index (κ1) is 21.9. The number of para-hydroxylation sites is 1. The minimum absolute atomic E-state index is 0.108. The van der Waals surface area contributed by atoms with Gasteiger partial charge in [-0.2, -0.15) is 0 Å². The molecule has 29 heavy (non-hydrogen) atoms. The van der Waals surface area contributed by atoms with E-state index in [-0.39, 0.29) is 12.2 Å². The normalized spacial score (nSPS) is 11.3. The molecule has 0 aliphatic carbocycles. The van der Waals surface area contributed by atoms with Crippen LogP contribution in [0.3, 0.4) is 0 Å². The molecule has 0 aliphatic rings. The maximum Gasteiger partial charge on any atom is 0.306 e. The monoisotopic (exact) mass is 399 g/mol. The predicted octanol–water partition coefficient (Wildman–Crippen LogP) is 3.41. The van der Waals surface area contributed by atoms with Crippen molar-refractivity contribution in [3.63, 3.8) is 0 Å². The number of Topliss-reactive ketones (excluding diaryl/α,β-unsaturated/α-hetero) is 1. The van der Waals surface area contributed by atoms with Crippen LogP contribution in [0.1, 0.15) is 36.2 Å². The number of aryl methyl sites for hydroxylation is 1. The topological polar surface area (TPSA) is 90.9 Å². The van der Waals surface area contributed by atoms with Gasteiger partial charge in [0.05, 0.1) is 19.9 Å². The number of hydrogen-bond acceptors (Lipinski definition) is 6. The average Bonchev–Trinajstić information content (AvgIpc) is 2.72. The standard InChI is InChI=1S/C22H25NO6/c1-14(24)17-7-5-6-8-18(17)23-22(26)15(2)29-21(25)12-10-16-9-11-19(27-3)20(13-16)28-4/h5-9,11,13,15H,10,12H2,1-4H3,(H,23,26)/t15-/m0/s1. The fourth-order valence-electron chi connectivity index (χ4n) is 2.73. The van der Waals surface area contributed by atoms with Crippen LogP contribution in [0.5, 0.6) is 11.5 Å². The quantitative estimate of drug-likeness (QED) is 0.513. The smallest absolute Gasteiger partial charge is 0.306 e. The van der Waals surface area contributed by atoms with E-state index in [0.717, 1.165) is 5.56 Å². The lowest BCUT2D eigenvalue weighted by atomic mass is 10.1. The molecule has 0 saturated carbocycles. The molecule has 7 nitrogen and oxygen atoms in total. The second-order valence-corrected chi connectivity index (χ2v) is 6.41. The van der Waals surface area contributed by atoms with Crippen LogP contribution in [-0.2, 0) is 20.7 Å². The van der Waals surface area contributed by atoms with Gasteiger partial charge in [-0.05, 0) is 50.1 Å². The number of benzene rings is 2. The molecule has 2 aromatic rings. The van der Waals surface area contributed by atoms with E-state index in [0.29, 0.717) is 29.2 Å². The Hall–Kier alpha value is -3.35. The van der Waals surface area contributed by atoms with Crippen molar-refractivity contribution in [3.05, 3.63) is 53.6 Å². The number of nitrogens with one attached hydrogen (secondary N) is 1. The predicted molar refractivity (Wildman–Crippen MR) is 108 cm³/mol. The van der Waals surface area contributed by atoms with Gasteiger partial charge in [0.2, 0.25) is 0 Å². The first-order chi connectivity index (χ1) is 13.8. The first-order valence-corrected chi connectivity index (χ1v) is 9.17. The van der Waals surface area contributed by atoms with Crippen LogP contribution < -0.4 is 14.8 Å². The molecule has 1 amide bonds. The van der Waals surface area contributed by atoms with Gasteiger partial charge in [-0.25, -0.2) is 0 Å². The van der Waals surface area contributed by atoms with Gasteiger partial charge in [0.1, 0.15) is 0 Å². The van der Waals surface area contributed by atoms with Gasteiger partial charge in [0.25, 0.3) is 5.91 Å². The van der Waals surface area contributed by atoms with Crippen LogP contribution in [0, 0.1) is 0 Å². The molecule has 154 valence electrons. The lowest BCUT2D eigenvalue weighted by Gasteiger charge is -2.15. The molecule has 0 heterocycles. The van der Waals surface area contributed by atoms with Crippen molar-refractivity contribution in [1.82, 2.24) is 0 Å². The number of esters is 1. The zero-order chi connectivity index (χ0) is 21.4. The van der Waals surface area contributed by atoms with Crippen molar-refractivity contribution in [2.45, 2.75) is 32.8 Å². The Morgan fingerprint density at radius 3 is 2.34 bits per heavy atom. The Labute approximate surface area is 170 Å². The summed E-state index contributed by atoms with van der Waals surface area (Å²) in [6, 6.07) is 12.1. The van der Waals surface area contributed by atoms with Crippen LogP contribution in [0.4, 0.5) is 5.69 Å². The molecule has 0 saturated heterocycles. The van der Waals surface area contributed by atoms with Crippen LogP contribution in [-0.4, -0.2) is 38.0 Å². The third kappa shape index (κ3) is 6.07. The van der Waals surface area contributed by atoms with Crippen LogP contribution in [0.2, 0.25) is 0 Å². The maximum atomic E-state index is 12.3. The van der Waals surface area contributed by atoms with Crippen molar-refractivity contribution < 1.29 is 28.6 Å². The van der Waals surface area contributed by atoms with E-state index in [9.17, 15) is 14.4 Å². The van der Waals surface area contributed by atoms with E-state index in [2.05, 4.69) is 5.32 Å². The summed E-state index contributed by atoms with van der Waals surface area (Å²) in [6.45, 7) is 2.91. The molecule has 1 N–H and O–H groups in total. The zero-order valence-electron chi connectivity index (χ0n) is 17.0. The fraction of sp³-hybridized carbons (Fsp3) is 0.318. The number of carbonyl (C=O) groups excluding carboxylic acids is 3. The van der Waals surface area contributed by atoms with Crippen molar-refractivity contribution >= 4 is 23.3 Å². The highest BCUT2D eigenvalue weighted by molar-refractivity contribution is 6.04. The van der Waals surface area contributed by atoms with E-state index >= 15 is 0 Å². The minimum atomic E-state index is -0.993. The third-order valence-corrected chi connectivity index (χ3v) is 4.31.